The molecule has 5 nitrogen and oxygen atoms in total. The van der Waals surface area contributed by atoms with Crippen LogP contribution in [0.4, 0.5) is 11.5 Å². The number of aromatic nitrogens is 2. The van der Waals surface area contributed by atoms with Gasteiger partial charge in [-0.2, -0.15) is 4.98 Å². The summed E-state index contributed by atoms with van der Waals surface area (Å²) in [6.07, 6.45) is 4.21. The van der Waals surface area contributed by atoms with Crippen LogP contribution in [-0.4, -0.2) is 28.7 Å². The largest absolute Gasteiger partial charge is 0.473 e. The third-order valence-corrected chi connectivity index (χ3v) is 3.22. The quantitative estimate of drug-likeness (QED) is 0.855. The summed E-state index contributed by atoms with van der Waals surface area (Å²) in [6, 6.07) is 0.365. The van der Waals surface area contributed by atoms with Crippen LogP contribution >= 0.6 is 0 Å². The van der Waals surface area contributed by atoms with Crippen molar-refractivity contribution in [2.75, 3.05) is 17.2 Å². The molecule has 0 aromatic carbocycles. The van der Waals surface area contributed by atoms with Crippen molar-refractivity contribution in [3.8, 4) is 5.88 Å². The molecule has 2 N–H and O–H groups in total. The summed E-state index contributed by atoms with van der Waals surface area (Å²) in [6.45, 7) is 9.26. The molecule has 1 aromatic heterocycles. The van der Waals surface area contributed by atoms with Crippen molar-refractivity contribution in [2.24, 2.45) is 5.92 Å². The van der Waals surface area contributed by atoms with Crippen LogP contribution in [0.3, 0.4) is 0 Å². The molecule has 1 aliphatic carbocycles. The fourth-order valence-electron chi connectivity index (χ4n) is 2.04. The van der Waals surface area contributed by atoms with E-state index in [1.54, 1.807) is 0 Å². The number of ether oxygens (including phenoxy) is 1. The smallest absolute Gasteiger partial charge is 0.242 e. The highest BCUT2D eigenvalue weighted by molar-refractivity contribution is 5.68. The molecule has 1 saturated carbocycles. The number of anilines is 2. The minimum Gasteiger partial charge on any atom is -0.473 e. The Hall–Kier alpha value is -1.52. The SMILES string of the molecule is CC(C)Oc1ncnc(N(CC2CC2)C(C)C)c1N. The van der Waals surface area contributed by atoms with Crippen molar-refractivity contribution < 1.29 is 4.74 Å². The zero-order valence-electron chi connectivity index (χ0n) is 12.3. The van der Waals surface area contributed by atoms with Crippen molar-refractivity contribution in [2.45, 2.75) is 52.7 Å². The van der Waals surface area contributed by atoms with Gasteiger partial charge in [0.2, 0.25) is 5.88 Å². The highest BCUT2D eigenvalue weighted by Crippen LogP contribution is 2.35. The average Bonchev–Trinajstić information content (AvgIpc) is 3.12. The van der Waals surface area contributed by atoms with Crippen LogP contribution in [0.1, 0.15) is 40.5 Å². The first kappa shape index (κ1) is 13.9. The molecule has 0 atom stereocenters. The molecule has 0 saturated heterocycles. The zero-order chi connectivity index (χ0) is 14.0. The average molecular weight is 264 g/mol. The van der Waals surface area contributed by atoms with E-state index < -0.39 is 0 Å². The van der Waals surface area contributed by atoms with Gasteiger partial charge in [0, 0.05) is 12.6 Å². The first-order valence-corrected chi connectivity index (χ1v) is 7.02. The van der Waals surface area contributed by atoms with Gasteiger partial charge >= 0.3 is 0 Å². The molecular weight excluding hydrogens is 240 g/mol. The number of nitrogen functional groups attached to an aromatic ring is 1. The van der Waals surface area contributed by atoms with Crippen LogP contribution in [0, 0.1) is 5.92 Å². The van der Waals surface area contributed by atoms with E-state index in [4.69, 9.17) is 10.5 Å². The van der Waals surface area contributed by atoms with E-state index in [1.807, 2.05) is 13.8 Å². The Morgan fingerprint density at radius 1 is 1.32 bits per heavy atom. The lowest BCUT2D eigenvalue weighted by Gasteiger charge is -2.29. The summed E-state index contributed by atoms with van der Waals surface area (Å²) in [5, 5.41) is 0. The number of rotatable bonds is 6. The number of nitrogens with zero attached hydrogens (tertiary/aromatic N) is 3. The molecule has 1 aliphatic rings. The Morgan fingerprint density at radius 2 is 2.00 bits per heavy atom. The van der Waals surface area contributed by atoms with Crippen molar-refractivity contribution >= 4 is 11.5 Å². The topological polar surface area (TPSA) is 64.3 Å². The van der Waals surface area contributed by atoms with E-state index in [1.165, 1.54) is 19.2 Å². The molecule has 0 spiro atoms. The van der Waals surface area contributed by atoms with E-state index in [9.17, 15) is 0 Å². The van der Waals surface area contributed by atoms with Gasteiger partial charge in [-0.15, -0.1) is 0 Å². The molecule has 5 heteroatoms. The van der Waals surface area contributed by atoms with Gasteiger partial charge in [0.25, 0.3) is 0 Å². The monoisotopic (exact) mass is 264 g/mol. The van der Waals surface area contributed by atoms with Crippen LogP contribution in [0.15, 0.2) is 6.33 Å². The normalized spacial score (nSPS) is 15.1. The highest BCUT2D eigenvalue weighted by Gasteiger charge is 2.28. The molecule has 2 rings (SSSR count). The van der Waals surface area contributed by atoms with Crippen LogP contribution < -0.4 is 15.4 Å². The second kappa shape index (κ2) is 5.63. The third-order valence-electron chi connectivity index (χ3n) is 3.22. The summed E-state index contributed by atoms with van der Waals surface area (Å²) in [4.78, 5) is 10.7. The third kappa shape index (κ3) is 3.49. The molecule has 1 aromatic rings. The number of nitrogens with two attached hydrogens (primary N) is 1. The minimum absolute atomic E-state index is 0.0565. The van der Waals surface area contributed by atoms with Gasteiger partial charge < -0.3 is 15.4 Å². The standard InChI is InChI=1S/C14H24N4O/c1-9(2)18(7-11-5-6-11)13-12(15)14(17-8-16-13)19-10(3)4/h8-11H,5-7,15H2,1-4H3. The predicted molar refractivity (Wildman–Crippen MR) is 77.4 cm³/mol. The first-order valence-electron chi connectivity index (χ1n) is 7.02. The van der Waals surface area contributed by atoms with Crippen LogP contribution in [0.2, 0.25) is 0 Å². The Kier molecular flexibility index (Phi) is 4.12. The van der Waals surface area contributed by atoms with Crippen molar-refractivity contribution in [1.29, 1.82) is 0 Å². The summed E-state index contributed by atoms with van der Waals surface area (Å²) in [5.74, 6) is 2.07. The van der Waals surface area contributed by atoms with E-state index in [2.05, 4.69) is 28.7 Å². The zero-order valence-corrected chi connectivity index (χ0v) is 12.3. The molecule has 0 bridgehead atoms. The molecule has 106 valence electrons. The number of hydrogen-bond acceptors (Lipinski definition) is 5. The molecule has 19 heavy (non-hydrogen) atoms. The van der Waals surface area contributed by atoms with E-state index in [-0.39, 0.29) is 6.10 Å². The minimum atomic E-state index is 0.0565. The summed E-state index contributed by atoms with van der Waals surface area (Å²) in [7, 11) is 0. The number of hydrogen-bond donors (Lipinski definition) is 1. The Labute approximate surface area is 115 Å². The Morgan fingerprint density at radius 3 is 2.53 bits per heavy atom. The fourth-order valence-corrected chi connectivity index (χ4v) is 2.04. The van der Waals surface area contributed by atoms with E-state index >= 15 is 0 Å². The van der Waals surface area contributed by atoms with Gasteiger partial charge in [-0.25, -0.2) is 4.98 Å². The van der Waals surface area contributed by atoms with Gasteiger partial charge in [0.05, 0.1) is 6.10 Å². The lowest BCUT2D eigenvalue weighted by molar-refractivity contribution is 0.234. The molecule has 0 radical (unpaired) electrons. The van der Waals surface area contributed by atoms with Crippen LogP contribution in [0.25, 0.3) is 0 Å². The second-order valence-corrected chi connectivity index (χ2v) is 5.77. The fraction of sp³-hybridized carbons (Fsp3) is 0.714. The lowest BCUT2D eigenvalue weighted by Crippen LogP contribution is -2.34. The Balaban J connectivity index is 2.25. The second-order valence-electron chi connectivity index (χ2n) is 5.77. The molecular formula is C14H24N4O. The molecule has 1 heterocycles. The summed E-state index contributed by atoms with van der Waals surface area (Å²) >= 11 is 0. The summed E-state index contributed by atoms with van der Waals surface area (Å²) in [5.41, 5.74) is 6.72. The Bertz CT molecular complexity index is 429. The molecule has 0 amide bonds. The molecule has 1 fully saturated rings. The first-order chi connectivity index (χ1) is 8.99. The van der Waals surface area contributed by atoms with Gasteiger partial charge in [0.1, 0.15) is 12.0 Å². The maximum atomic E-state index is 6.17. The summed E-state index contributed by atoms with van der Waals surface area (Å²) < 4.78 is 5.63. The van der Waals surface area contributed by atoms with Gasteiger partial charge in [-0.3, -0.25) is 0 Å². The maximum absolute atomic E-state index is 6.17. The highest BCUT2D eigenvalue weighted by atomic mass is 16.5. The molecule has 0 unspecified atom stereocenters. The molecule has 0 aliphatic heterocycles. The maximum Gasteiger partial charge on any atom is 0.242 e. The van der Waals surface area contributed by atoms with Gasteiger partial charge in [-0.1, -0.05) is 0 Å². The van der Waals surface area contributed by atoms with Crippen LogP contribution in [0.5, 0.6) is 5.88 Å². The van der Waals surface area contributed by atoms with E-state index in [0.717, 1.165) is 18.3 Å². The van der Waals surface area contributed by atoms with Crippen molar-refractivity contribution in [1.82, 2.24) is 9.97 Å². The van der Waals surface area contributed by atoms with Crippen LogP contribution in [-0.2, 0) is 0 Å². The van der Waals surface area contributed by atoms with E-state index in [0.29, 0.717) is 17.6 Å². The predicted octanol–water partition coefficient (Wildman–Crippen LogP) is 2.47. The van der Waals surface area contributed by atoms with Gasteiger partial charge in [0.15, 0.2) is 5.82 Å². The lowest BCUT2D eigenvalue weighted by atomic mass is 10.2. The van der Waals surface area contributed by atoms with Crippen molar-refractivity contribution in [3.63, 3.8) is 0 Å². The van der Waals surface area contributed by atoms with Crippen molar-refractivity contribution in [3.05, 3.63) is 6.33 Å². The van der Waals surface area contributed by atoms with Gasteiger partial charge in [-0.05, 0) is 46.5 Å².